The van der Waals surface area contributed by atoms with Crippen molar-refractivity contribution < 1.29 is 31.1 Å². The zero-order chi connectivity index (χ0) is 17.3. The van der Waals surface area contributed by atoms with Gasteiger partial charge >= 0.3 is 12.5 Å². The molecule has 23 heavy (non-hydrogen) atoms. The van der Waals surface area contributed by atoms with Gasteiger partial charge in [0.2, 0.25) is 0 Å². The zero-order valence-corrected chi connectivity index (χ0v) is 11.5. The normalized spacial score (nSPS) is 12.3. The van der Waals surface area contributed by atoms with E-state index in [0.29, 0.717) is 11.1 Å². The van der Waals surface area contributed by atoms with Crippen molar-refractivity contribution in [2.24, 2.45) is 5.73 Å². The maximum Gasteiger partial charge on any atom is 0.573 e. The van der Waals surface area contributed by atoms with E-state index in [-0.39, 0.29) is 12.1 Å². The number of benzene rings is 2. The highest BCUT2D eigenvalue weighted by Gasteiger charge is 2.32. The number of ether oxygens (including phenoxy) is 1. The first-order chi connectivity index (χ1) is 10.6. The lowest BCUT2D eigenvalue weighted by atomic mass is 10.0. The number of rotatable bonds is 3. The molecule has 124 valence electrons. The first-order valence-electron chi connectivity index (χ1n) is 6.36. The summed E-state index contributed by atoms with van der Waals surface area (Å²) in [6.45, 7) is -0.208. The summed E-state index contributed by atoms with van der Waals surface area (Å²) in [6.07, 6.45) is -9.30. The molecule has 0 fully saturated rings. The van der Waals surface area contributed by atoms with Gasteiger partial charge in [-0.2, -0.15) is 13.2 Å². The molecular weight excluding hydrogens is 324 g/mol. The molecule has 2 N–H and O–H groups in total. The molecule has 0 radical (unpaired) electrons. The van der Waals surface area contributed by atoms with E-state index < -0.39 is 23.9 Å². The van der Waals surface area contributed by atoms with Gasteiger partial charge in [0.15, 0.2) is 0 Å². The van der Waals surface area contributed by atoms with Crippen LogP contribution in [0, 0.1) is 0 Å². The number of hydrogen-bond donors (Lipinski definition) is 1. The molecule has 2 aromatic carbocycles. The van der Waals surface area contributed by atoms with Crippen molar-refractivity contribution >= 4 is 0 Å². The molecule has 0 aliphatic heterocycles. The summed E-state index contributed by atoms with van der Waals surface area (Å²) >= 11 is 0. The highest BCUT2D eigenvalue weighted by atomic mass is 19.4. The Morgan fingerprint density at radius 3 is 1.87 bits per heavy atom. The van der Waals surface area contributed by atoms with Crippen molar-refractivity contribution in [2.45, 2.75) is 19.1 Å². The van der Waals surface area contributed by atoms with Crippen molar-refractivity contribution in [1.29, 1.82) is 0 Å². The standard InChI is InChI=1S/C15H11F6NO/c16-14(17,18)12-4-1-9(2-5-12)10-3-6-13(11(7-10)8-22)23-15(19,20)21/h1-7H,8,22H2. The van der Waals surface area contributed by atoms with Gasteiger partial charge in [-0.05, 0) is 35.4 Å². The van der Waals surface area contributed by atoms with Crippen LogP contribution in [-0.2, 0) is 12.7 Å². The first-order valence-corrected chi connectivity index (χ1v) is 6.36. The molecule has 0 aromatic heterocycles. The minimum Gasteiger partial charge on any atom is -0.405 e. The maximum absolute atomic E-state index is 12.5. The summed E-state index contributed by atoms with van der Waals surface area (Å²) < 4.78 is 78.2. The molecule has 0 aliphatic rings. The van der Waals surface area contributed by atoms with Gasteiger partial charge in [-0.3, -0.25) is 0 Å². The summed E-state index contributed by atoms with van der Waals surface area (Å²) in [5, 5.41) is 0. The van der Waals surface area contributed by atoms with Gasteiger partial charge in [-0.25, -0.2) is 0 Å². The van der Waals surface area contributed by atoms with Crippen molar-refractivity contribution in [3.63, 3.8) is 0 Å². The van der Waals surface area contributed by atoms with Crippen molar-refractivity contribution in [3.05, 3.63) is 53.6 Å². The Labute approximate surface area is 127 Å². The van der Waals surface area contributed by atoms with Gasteiger partial charge in [0.1, 0.15) is 5.75 Å². The monoisotopic (exact) mass is 335 g/mol. The fraction of sp³-hybridized carbons (Fsp3) is 0.200. The van der Waals surface area contributed by atoms with Gasteiger partial charge < -0.3 is 10.5 Å². The average Bonchev–Trinajstić information content (AvgIpc) is 2.45. The summed E-state index contributed by atoms with van der Waals surface area (Å²) in [7, 11) is 0. The molecular formula is C15H11F6NO. The van der Waals surface area contributed by atoms with E-state index >= 15 is 0 Å². The lowest BCUT2D eigenvalue weighted by molar-refractivity contribution is -0.274. The van der Waals surface area contributed by atoms with Crippen LogP contribution in [0.2, 0.25) is 0 Å². The second-order valence-electron chi connectivity index (χ2n) is 4.65. The second-order valence-corrected chi connectivity index (χ2v) is 4.65. The van der Waals surface area contributed by atoms with E-state index in [1.165, 1.54) is 24.3 Å². The summed E-state index contributed by atoms with van der Waals surface area (Å²) in [4.78, 5) is 0. The lowest BCUT2D eigenvalue weighted by Gasteiger charge is -2.14. The largest absolute Gasteiger partial charge is 0.573 e. The van der Waals surface area contributed by atoms with Crippen LogP contribution in [0.15, 0.2) is 42.5 Å². The van der Waals surface area contributed by atoms with Crippen molar-refractivity contribution in [2.75, 3.05) is 0 Å². The molecule has 8 heteroatoms. The predicted molar refractivity (Wildman–Crippen MR) is 71.5 cm³/mol. The summed E-state index contributed by atoms with van der Waals surface area (Å²) in [6, 6.07) is 8.04. The minimum atomic E-state index is -4.85. The van der Waals surface area contributed by atoms with Crippen LogP contribution < -0.4 is 10.5 Å². The topological polar surface area (TPSA) is 35.2 Å². The molecule has 0 aliphatic carbocycles. The van der Waals surface area contributed by atoms with Crippen LogP contribution in [0.25, 0.3) is 11.1 Å². The average molecular weight is 335 g/mol. The number of nitrogens with two attached hydrogens (primary N) is 1. The zero-order valence-electron chi connectivity index (χ0n) is 11.5. The van der Waals surface area contributed by atoms with Gasteiger partial charge in [0.05, 0.1) is 5.56 Å². The molecule has 0 heterocycles. The van der Waals surface area contributed by atoms with Crippen molar-refractivity contribution in [1.82, 2.24) is 0 Å². The van der Waals surface area contributed by atoms with Crippen LogP contribution >= 0.6 is 0 Å². The second kappa shape index (κ2) is 6.11. The molecule has 0 amide bonds. The maximum atomic E-state index is 12.5. The Bertz CT molecular complexity index is 676. The Kier molecular flexibility index (Phi) is 4.56. The molecule has 0 atom stereocenters. The molecule has 0 bridgehead atoms. The van der Waals surface area contributed by atoms with Gasteiger partial charge in [0.25, 0.3) is 0 Å². The third-order valence-electron chi connectivity index (χ3n) is 3.05. The van der Waals surface area contributed by atoms with E-state index in [1.807, 2.05) is 0 Å². The predicted octanol–water partition coefficient (Wildman–Crippen LogP) is 4.73. The number of halogens is 6. The molecule has 2 rings (SSSR count). The number of alkyl halides is 6. The third-order valence-corrected chi connectivity index (χ3v) is 3.05. The Morgan fingerprint density at radius 1 is 0.826 bits per heavy atom. The Hall–Kier alpha value is -2.22. The third kappa shape index (κ3) is 4.38. The fourth-order valence-electron chi connectivity index (χ4n) is 1.99. The van der Waals surface area contributed by atoms with Crippen molar-refractivity contribution in [3.8, 4) is 16.9 Å². The Balaban J connectivity index is 2.34. The van der Waals surface area contributed by atoms with E-state index in [2.05, 4.69) is 4.74 Å². The van der Waals surface area contributed by atoms with Gasteiger partial charge in [-0.1, -0.05) is 18.2 Å². The molecule has 0 spiro atoms. The highest BCUT2D eigenvalue weighted by molar-refractivity contribution is 5.66. The van der Waals surface area contributed by atoms with Crippen LogP contribution in [0.1, 0.15) is 11.1 Å². The fourth-order valence-corrected chi connectivity index (χ4v) is 1.99. The van der Waals surface area contributed by atoms with Crippen LogP contribution in [0.3, 0.4) is 0 Å². The quantitative estimate of drug-likeness (QED) is 0.823. The summed E-state index contributed by atoms with van der Waals surface area (Å²) in [5.74, 6) is -0.435. The molecule has 0 saturated heterocycles. The first kappa shape index (κ1) is 17.1. The Morgan fingerprint density at radius 2 is 1.39 bits per heavy atom. The van der Waals surface area contributed by atoms with Gasteiger partial charge in [0, 0.05) is 12.1 Å². The lowest BCUT2D eigenvalue weighted by Crippen LogP contribution is -2.18. The smallest absolute Gasteiger partial charge is 0.405 e. The highest BCUT2D eigenvalue weighted by Crippen LogP contribution is 2.33. The molecule has 0 saturated carbocycles. The minimum absolute atomic E-state index is 0.0970. The van der Waals surface area contributed by atoms with E-state index in [0.717, 1.165) is 18.2 Å². The van der Waals surface area contributed by atoms with E-state index in [4.69, 9.17) is 5.73 Å². The summed E-state index contributed by atoms with van der Waals surface area (Å²) in [5.41, 5.74) is 5.55. The number of hydrogen-bond acceptors (Lipinski definition) is 2. The van der Waals surface area contributed by atoms with E-state index in [9.17, 15) is 26.3 Å². The van der Waals surface area contributed by atoms with Crippen LogP contribution in [-0.4, -0.2) is 6.36 Å². The molecule has 2 nitrogen and oxygen atoms in total. The van der Waals surface area contributed by atoms with Crippen LogP contribution in [0.4, 0.5) is 26.3 Å². The molecule has 2 aromatic rings. The molecule has 0 unspecified atom stereocenters. The SMILES string of the molecule is NCc1cc(-c2ccc(C(F)(F)F)cc2)ccc1OC(F)(F)F. The van der Waals surface area contributed by atoms with E-state index in [1.54, 1.807) is 0 Å². The van der Waals surface area contributed by atoms with Gasteiger partial charge in [-0.15, -0.1) is 13.2 Å². The van der Waals surface area contributed by atoms with Crippen LogP contribution in [0.5, 0.6) is 5.75 Å².